The van der Waals surface area contributed by atoms with Gasteiger partial charge in [-0.05, 0) is 35.3 Å². The minimum absolute atomic E-state index is 0.166. The lowest BCUT2D eigenvalue weighted by Crippen LogP contribution is -2.23. The van der Waals surface area contributed by atoms with E-state index in [1.807, 2.05) is 54.6 Å². The van der Waals surface area contributed by atoms with Gasteiger partial charge >= 0.3 is 0 Å². The molecular formula is C23H23N3O3S. The third-order valence-electron chi connectivity index (χ3n) is 4.49. The Morgan fingerprint density at radius 1 is 1.13 bits per heavy atom. The van der Waals surface area contributed by atoms with Crippen molar-refractivity contribution in [3.05, 3.63) is 80.4 Å². The molecular weight excluding hydrogens is 398 g/mol. The van der Waals surface area contributed by atoms with Crippen LogP contribution < -0.4 is 19.6 Å². The van der Waals surface area contributed by atoms with Gasteiger partial charge in [-0.25, -0.2) is 4.98 Å². The summed E-state index contributed by atoms with van der Waals surface area (Å²) >= 11 is 1.33. The van der Waals surface area contributed by atoms with Gasteiger partial charge in [-0.2, -0.15) is 4.52 Å². The molecule has 0 aliphatic rings. The van der Waals surface area contributed by atoms with Crippen LogP contribution in [0.2, 0.25) is 0 Å². The Hall–Kier alpha value is -3.19. The fourth-order valence-electron chi connectivity index (χ4n) is 3.03. The Morgan fingerprint density at radius 2 is 1.93 bits per heavy atom. The number of benzene rings is 2. The van der Waals surface area contributed by atoms with Gasteiger partial charge in [-0.3, -0.25) is 4.79 Å². The van der Waals surface area contributed by atoms with Crippen molar-refractivity contribution in [2.24, 2.45) is 5.92 Å². The Balaban J connectivity index is 1.62. The molecule has 2 aromatic carbocycles. The van der Waals surface area contributed by atoms with Crippen LogP contribution in [0.3, 0.4) is 0 Å². The number of ether oxygens (including phenoxy) is 2. The smallest absolute Gasteiger partial charge is 0.291 e. The number of methoxy groups -OCH3 is 1. The van der Waals surface area contributed by atoms with E-state index >= 15 is 0 Å². The summed E-state index contributed by atoms with van der Waals surface area (Å²) in [7, 11) is 1.61. The first-order valence-electron chi connectivity index (χ1n) is 9.78. The number of rotatable bonds is 7. The van der Waals surface area contributed by atoms with Gasteiger partial charge < -0.3 is 9.47 Å². The highest BCUT2D eigenvalue weighted by molar-refractivity contribution is 7.15. The van der Waals surface area contributed by atoms with Gasteiger partial charge in [0.15, 0.2) is 17.3 Å². The van der Waals surface area contributed by atoms with Crippen LogP contribution in [-0.4, -0.2) is 28.3 Å². The first-order valence-corrected chi connectivity index (χ1v) is 10.6. The number of aromatic nitrogens is 3. The number of fused-ring (bicyclic) bond motifs is 1. The molecule has 0 N–H and O–H groups in total. The fourth-order valence-corrected chi connectivity index (χ4v) is 3.96. The van der Waals surface area contributed by atoms with Gasteiger partial charge in [-0.15, -0.1) is 5.10 Å². The molecule has 0 radical (unpaired) electrons. The Labute approximate surface area is 178 Å². The summed E-state index contributed by atoms with van der Waals surface area (Å²) in [6, 6.07) is 15.6. The van der Waals surface area contributed by atoms with E-state index in [1.165, 1.54) is 15.9 Å². The molecule has 2 heterocycles. The van der Waals surface area contributed by atoms with Crippen molar-refractivity contribution in [1.29, 1.82) is 0 Å². The summed E-state index contributed by atoms with van der Waals surface area (Å²) in [5.41, 5.74) is 1.80. The van der Waals surface area contributed by atoms with Gasteiger partial charge in [0.05, 0.1) is 18.2 Å². The van der Waals surface area contributed by atoms with Gasteiger partial charge in [0.2, 0.25) is 4.96 Å². The average Bonchev–Trinajstić information content (AvgIpc) is 3.26. The molecule has 4 aromatic rings. The minimum Gasteiger partial charge on any atom is -0.493 e. The molecule has 0 saturated carbocycles. The summed E-state index contributed by atoms with van der Waals surface area (Å²) in [6.07, 6.45) is 2.43. The summed E-state index contributed by atoms with van der Waals surface area (Å²) in [5.74, 6) is 2.40. The standard InChI is InChI=1S/C23H23N3O3S/c1-15(2)14-29-18-10-9-17(11-19(18)28-3)12-20-22(27)26-23(30-20)24-21(25-26)13-16-7-5-4-6-8-16/h4-12,15H,13-14H2,1-3H3/b20-12-. The summed E-state index contributed by atoms with van der Waals surface area (Å²) < 4.78 is 13.2. The Morgan fingerprint density at radius 3 is 2.63 bits per heavy atom. The number of thiazole rings is 1. The zero-order chi connectivity index (χ0) is 21.1. The van der Waals surface area contributed by atoms with Crippen LogP contribution in [0.15, 0.2) is 53.3 Å². The maximum atomic E-state index is 12.8. The molecule has 0 saturated heterocycles. The molecule has 4 rings (SSSR count). The molecule has 2 aromatic heterocycles. The second-order valence-electron chi connectivity index (χ2n) is 7.42. The van der Waals surface area contributed by atoms with Crippen molar-refractivity contribution in [2.45, 2.75) is 20.3 Å². The first-order chi connectivity index (χ1) is 14.5. The molecule has 0 aliphatic carbocycles. The van der Waals surface area contributed by atoms with Gasteiger partial charge in [-0.1, -0.05) is 61.6 Å². The van der Waals surface area contributed by atoms with Crippen molar-refractivity contribution < 1.29 is 9.47 Å². The normalized spacial score (nSPS) is 12.1. The molecule has 0 unspecified atom stereocenters. The minimum atomic E-state index is -0.166. The van der Waals surface area contributed by atoms with Crippen molar-refractivity contribution in [3.63, 3.8) is 0 Å². The van der Waals surface area contributed by atoms with Crippen molar-refractivity contribution >= 4 is 22.4 Å². The summed E-state index contributed by atoms with van der Waals surface area (Å²) in [6.45, 7) is 4.80. The molecule has 0 atom stereocenters. The number of nitrogens with zero attached hydrogens (tertiary/aromatic N) is 3. The average molecular weight is 422 g/mol. The van der Waals surface area contributed by atoms with Crippen LogP contribution in [0.4, 0.5) is 0 Å². The predicted octanol–water partition coefficient (Wildman–Crippen LogP) is 3.33. The molecule has 30 heavy (non-hydrogen) atoms. The first kappa shape index (κ1) is 20.1. The zero-order valence-corrected chi connectivity index (χ0v) is 18.0. The lowest BCUT2D eigenvalue weighted by molar-refractivity contribution is 0.257. The Kier molecular flexibility index (Phi) is 5.81. The maximum absolute atomic E-state index is 12.8. The molecule has 0 fully saturated rings. The third kappa shape index (κ3) is 4.36. The van der Waals surface area contributed by atoms with E-state index in [0.717, 1.165) is 11.1 Å². The summed E-state index contributed by atoms with van der Waals surface area (Å²) in [5, 5.41) is 4.40. The third-order valence-corrected chi connectivity index (χ3v) is 5.45. The van der Waals surface area contributed by atoms with Crippen LogP contribution in [-0.2, 0) is 6.42 Å². The van der Waals surface area contributed by atoms with Crippen LogP contribution in [0, 0.1) is 5.92 Å². The molecule has 0 amide bonds. The SMILES string of the molecule is COc1cc(/C=c2\sc3nc(Cc4ccccc4)nn3c2=O)ccc1OCC(C)C. The van der Waals surface area contributed by atoms with Crippen LogP contribution in [0.5, 0.6) is 11.5 Å². The second kappa shape index (κ2) is 8.67. The van der Waals surface area contributed by atoms with E-state index in [9.17, 15) is 4.79 Å². The van der Waals surface area contributed by atoms with E-state index in [0.29, 0.717) is 45.8 Å². The quantitative estimate of drug-likeness (QED) is 0.458. The van der Waals surface area contributed by atoms with Crippen molar-refractivity contribution in [3.8, 4) is 11.5 Å². The topological polar surface area (TPSA) is 65.7 Å². The van der Waals surface area contributed by atoms with E-state index in [2.05, 4.69) is 23.9 Å². The fraction of sp³-hybridized carbons (Fsp3) is 0.261. The van der Waals surface area contributed by atoms with Gasteiger partial charge in [0, 0.05) is 6.42 Å². The summed E-state index contributed by atoms with van der Waals surface area (Å²) in [4.78, 5) is 17.9. The lowest BCUT2D eigenvalue weighted by atomic mass is 10.1. The second-order valence-corrected chi connectivity index (χ2v) is 8.42. The highest BCUT2D eigenvalue weighted by atomic mass is 32.1. The van der Waals surface area contributed by atoms with Crippen molar-refractivity contribution in [2.75, 3.05) is 13.7 Å². The molecule has 6 nitrogen and oxygen atoms in total. The molecule has 7 heteroatoms. The highest BCUT2D eigenvalue weighted by Gasteiger charge is 2.12. The largest absolute Gasteiger partial charge is 0.493 e. The molecule has 0 spiro atoms. The Bertz CT molecular complexity index is 1260. The molecule has 0 bridgehead atoms. The zero-order valence-electron chi connectivity index (χ0n) is 17.2. The lowest BCUT2D eigenvalue weighted by Gasteiger charge is -2.12. The number of hydrogen-bond donors (Lipinski definition) is 0. The van der Waals surface area contributed by atoms with Gasteiger partial charge in [0.1, 0.15) is 0 Å². The monoisotopic (exact) mass is 421 g/mol. The van der Waals surface area contributed by atoms with Crippen LogP contribution in [0.25, 0.3) is 11.0 Å². The van der Waals surface area contributed by atoms with Crippen molar-refractivity contribution in [1.82, 2.24) is 14.6 Å². The molecule has 0 aliphatic heterocycles. The van der Waals surface area contributed by atoms with Gasteiger partial charge in [0.25, 0.3) is 5.56 Å². The van der Waals surface area contributed by atoms with E-state index in [1.54, 1.807) is 7.11 Å². The molecule has 154 valence electrons. The highest BCUT2D eigenvalue weighted by Crippen LogP contribution is 2.28. The van der Waals surface area contributed by atoms with E-state index in [-0.39, 0.29) is 5.56 Å². The van der Waals surface area contributed by atoms with E-state index in [4.69, 9.17) is 9.47 Å². The van der Waals surface area contributed by atoms with Crippen LogP contribution >= 0.6 is 11.3 Å². The predicted molar refractivity (Wildman–Crippen MR) is 118 cm³/mol. The maximum Gasteiger partial charge on any atom is 0.291 e. The van der Waals surface area contributed by atoms with Crippen LogP contribution in [0.1, 0.15) is 30.8 Å². The van der Waals surface area contributed by atoms with E-state index < -0.39 is 0 Å². The number of hydrogen-bond acceptors (Lipinski definition) is 6.